The molecule has 1 aliphatic heterocycles. The molecule has 1 atom stereocenters. The second-order valence-corrected chi connectivity index (χ2v) is 7.53. The second kappa shape index (κ2) is 7.60. The molecule has 3 aromatic rings. The number of hydrogen-bond donors (Lipinski definition) is 2. The van der Waals surface area contributed by atoms with E-state index >= 15 is 0 Å². The fourth-order valence-corrected chi connectivity index (χ4v) is 3.36. The van der Waals surface area contributed by atoms with Crippen molar-refractivity contribution >= 4 is 23.3 Å². The van der Waals surface area contributed by atoms with Crippen molar-refractivity contribution in [2.24, 2.45) is 12.0 Å². The summed E-state index contributed by atoms with van der Waals surface area (Å²) >= 11 is 0. The van der Waals surface area contributed by atoms with E-state index in [0.717, 1.165) is 16.8 Å². The van der Waals surface area contributed by atoms with E-state index in [1.807, 2.05) is 51.0 Å². The van der Waals surface area contributed by atoms with Crippen molar-refractivity contribution in [3.63, 3.8) is 0 Å². The van der Waals surface area contributed by atoms with E-state index in [4.69, 9.17) is 15.5 Å². The van der Waals surface area contributed by atoms with Crippen LogP contribution in [0.15, 0.2) is 29.4 Å². The molecule has 1 aromatic carbocycles. The van der Waals surface area contributed by atoms with Crippen molar-refractivity contribution in [2.75, 3.05) is 25.1 Å². The number of aryl methyl sites for hydroxylation is 2. The number of aliphatic imine (C=N–C) groups is 1. The summed E-state index contributed by atoms with van der Waals surface area (Å²) in [5, 5.41) is 17.5. The molecule has 0 saturated heterocycles. The number of nitrogens with zero attached hydrogens (tertiary/aromatic N) is 7. The predicted octanol–water partition coefficient (Wildman–Crippen LogP) is 2.75. The summed E-state index contributed by atoms with van der Waals surface area (Å²) in [6.07, 6.45) is 1.12. The first kappa shape index (κ1) is 20.2. The largest absolute Gasteiger partial charge is 0.467 e. The van der Waals surface area contributed by atoms with E-state index in [1.54, 1.807) is 7.05 Å². The highest BCUT2D eigenvalue weighted by molar-refractivity contribution is 5.97. The van der Waals surface area contributed by atoms with Crippen LogP contribution < -0.4 is 15.8 Å². The number of nitriles is 1. The van der Waals surface area contributed by atoms with Crippen molar-refractivity contribution in [3.05, 3.63) is 41.2 Å². The molecule has 0 amide bonds. The van der Waals surface area contributed by atoms with Crippen LogP contribution in [0.25, 0.3) is 11.3 Å². The lowest BCUT2D eigenvalue weighted by molar-refractivity contribution is 0.219. The molecule has 0 fully saturated rings. The number of fused-ring (bicyclic) bond motifs is 5. The molecule has 0 spiro atoms. The third-order valence-corrected chi connectivity index (χ3v) is 4.97. The van der Waals surface area contributed by atoms with Gasteiger partial charge in [0.25, 0.3) is 5.88 Å². The summed E-state index contributed by atoms with van der Waals surface area (Å²) in [6, 6.07) is 8.19. The molecule has 3 N–H and O–H groups in total. The molecule has 0 unspecified atom stereocenters. The van der Waals surface area contributed by atoms with E-state index in [9.17, 15) is 5.26 Å². The van der Waals surface area contributed by atoms with E-state index in [2.05, 4.69) is 26.5 Å². The molecular weight excluding hydrogens is 394 g/mol. The quantitative estimate of drug-likeness (QED) is 0.571. The highest BCUT2D eigenvalue weighted by Gasteiger charge is 2.24. The minimum atomic E-state index is -0.374. The van der Waals surface area contributed by atoms with Gasteiger partial charge in [-0.1, -0.05) is 17.7 Å². The zero-order valence-corrected chi connectivity index (χ0v) is 18.0. The summed E-state index contributed by atoms with van der Waals surface area (Å²) in [5.41, 5.74) is 10.1. The first-order valence-corrected chi connectivity index (χ1v) is 9.68. The van der Waals surface area contributed by atoms with Crippen molar-refractivity contribution in [3.8, 4) is 23.2 Å². The topological polar surface area (TPSA) is 130 Å². The number of rotatable bonds is 0. The van der Waals surface area contributed by atoms with Gasteiger partial charge in [-0.25, -0.2) is 9.97 Å². The maximum Gasteiger partial charge on any atom is 0.258 e. The van der Waals surface area contributed by atoms with Crippen LogP contribution >= 0.6 is 0 Å². The minimum absolute atomic E-state index is 0.163. The van der Waals surface area contributed by atoms with Gasteiger partial charge in [0, 0.05) is 32.4 Å². The SMILES string of the molecule is Cc1ccc2c(c1)[C@@H](C)Oc1nc(cnc1N)-c1c(nn(C)c1C#N)N=C(N(C)C)N2. The molecule has 2 aromatic heterocycles. The molecule has 3 heterocycles. The Kier molecular flexibility index (Phi) is 4.94. The zero-order chi connectivity index (χ0) is 22.3. The van der Waals surface area contributed by atoms with Crippen LogP contribution in [0.4, 0.5) is 17.3 Å². The first-order valence-electron chi connectivity index (χ1n) is 9.68. The van der Waals surface area contributed by atoms with Gasteiger partial charge in [0.05, 0.1) is 17.5 Å². The molecule has 2 bridgehead atoms. The molecule has 0 radical (unpaired) electrons. The lowest BCUT2D eigenvalue weighted by Crippen LogP contribution is -2.30. The van der Waals surface area contributed by atoms with Crippen LogP contribution in [0, 0.1) is 18.3 Å². The molecule has 1 aliphatic rings. The number of guanidine groups is 1. The van der Waals surface area contributed by atoms with Gasteiger partial charge in [-0.3, -0.25) is 4.68 Å². The van der Waals surface area contributed by atoms with Gasteiger partial charge in [-0.05, 0) is 19.9 Å². The predicted molar refractivity (Wildman–Crippen MR) is 118 cm³/mol. The summed E-state index contributed by atoms with van der Waals surface area (Å²) in [5.74, 6) is 1.23. The lowest BCUT2D eigenvalue weighted by atomic mass is 10.0. The summed E-state index contributed by atoms with van der Waals surface area (Å²) in [4.78, 5) is 15.4. The number of nitrogens with two attached hydrogens (primary N) is 1. The van der Waals surface area contributed by atoms with Crippen molar-refractivity contribution < 1.29 is 4.74 Å². The second-order valence-electron chi connectivity index (χ2n) is 7.53. The highest BCUT2D eigenvalue weighted by Crippen LogP contribution is 2.36. The van der Waals surface area contributed by atoms with Gasteiger partial charge in [0.1, 0.15) is 17.9 Å². The summed E-state index contributed by atoms with van der Waals surface area (Å²) in [7, 11) is 5.44. The summed E-state index contributed by atoms with van der Waals surface area (Å²) in [6.45, 7) is 3.94. The number of nitrogens with one attached hydrogen (secondary N) is 1. The Labute approximate surface area is 180 Å². The Morgan fingerprint density at radius 1 is 1.32 bits per heavy atom. The van der Waals surface area contributed by atoms with Crippen molar-refractivity contribution in [1.29, 1.82) is 5.26 Å². The minimum Gasteiger partial charge on any atom is -0.467 e. The van der Waals surface area contributed by atoms with Crippen molar-refractivity contribution in [2.45, 2.75) is 20.0 Å². The summed E-state index contributed by atoms with van der Waals surface area (Å²) < 4.78 is 7.60. The maximum atomic E-state index is 9.72. The number of hydrogen-bond acceptors (Lipinski definition) is 9. The monoisotopic (exact) mass is 417 g/mol. The zero-order valence-electron chi connectivity index (χ0n) is 18.0. The normalized spacial score (nSPS) is 15.1. The van der Waals surface area contributed by atoms with Gasteiger partial charge in [-0.2, -0.15) is 15.4 Å². The number of nitrogen functional groups attached to an aromatic ring is 1. The molecule has 158 valence electrons. The van der Waals surface area contributed by atoms with E-state index < -0.39 is 0 Å². The number of anilines is 2. The Morgan fingerprint density at radius 2 is 2.10 bits per heavy atom. The molecule has 4 rings (SSSR count). The maximum absolute atomic E-state index is 9.72. The van der Waals surface area contributed by atoms with Gasteiger partial charge in [0.15, 0.2) is 11.6 Å². The van der Waals surface area contributed by atoms with Gasteiger partial charge in [-0.15, -0.1) is 0 Å². The first-order chi connectivity index (χ1) is 14.8. The van der Waals surface area contributed by atoms with Crippen LogP contribution in [0.5, 0.6) is 5.88 Å². The van der Waals surface area contributed by atoms with E-state index in [-0.39, 0.29) is 17.8 Å². The van der Waals surface area contributed by atoms with Crippen LogP contribution in [-0.4, -0.2) is 44.7 Å². The van der Waals surface area contributed by atoms with Crippen LogP contribution in [0.2, 0.25) is 0 Å². The Morgan fingerprint density at radius 3 is 2.81 bits per heavy atom. The third-order valence-electron chi connectivity index (χ3n) is 4.97. The molecule has 0 saturated carbocycles. The number of benzene rings is 1. The molecule has 10 heteroatoms. The molecule has 0 aliphatic carbocycles. The molecule has 31 heavy (non-hydrogen) atoms. The van der Waals surface area contributed by atoms with Gasteiger partial charge < -0.3 is 20.7 Å². The fourth-order valence-electron chi connectivity index (χ4n) is 3.36. The van der Waals surface area contributed by atoms with E-state index in [0.29, 0.717) is 28.7 Å². The van der Waals surface area contributed by atoms with Crippen LogP contribution in [0.1, 0.15) is 29.8 Å². The Bertz CT molecular complexity index is 1240. The van der Waals surface area contributed by atoms with E-state index in [1.165, 1.54) is 10.9 Å². The number of ether oxygens (including phenoxy) is 1. The van der Waals surface area contributed by atoms with Gasteiger partial charge in [0.2, 0.25) is 5.96 Å². The van der Waals surface area contributed by atoms with Crippen LogP contribution in [0.3, 0.4) is 0 Å². The van der Waals surface area contributed by atoms with Gasteiger partial charge >= 0.3 is 0 Å². The number of aromatic nitrogens is 4. The standard InChI is InChI=1S/C21H23N9O/c1-11-6-7-14-13(8-11)12(2)31-20-18(23)24-10-15(25-20)17-16(9-22)30(5)28-19(17)27-21(26-14)29(3)4/h6-8,10,12H,1-5H3,(H2,23,24)(H,26,27,28)/t12-/m1/s1. The smallest absolute Gasteiger partial charge is 0.258 e. The fraction of sp³-hybridized carbons (Fsp3) is 0.286. The molecule has 10 nitrogen and oxygen atoms in total. The van der Waals surface area contributed by atoms with Crippen LogP contribution in [-0.2, 0) is 7.05 Å². The molecular formula is C21H23N9O. The average Bonchev–Trinajstić information content (AvgIpc) is 3.04. The average molecular weight is 417 g/mol. The Balaban J connectivity index is 2.04. The van der Waals surface area contributed by atoms with Crippen molar-refractivity contribution in [1.82, 2.24) is 24.6 Å². The third kappa shape index (κ3) is 3.61. The lowest BCUT2D eigenvalue weighted by Gasteiger charge is -2.23. The Hall–Kier alpha value is -4.13. The highest BCUT2D eigenvalue weighted by atomic mass is 16.5.